The Morgan fingerprint density at radius 2 is 0.889 bits per heavy atom. The van der Waals surface area contributed by atoms with Gasteiger partial charge in [-0.2, -0.15) is 0 Å². The van der Waals surface area contributed by atoms with Crippen molar-refractivity contribution >= 4 is 44.9 Å². The Balaban J connectivity index is 1.48. The summed E-state index contributed by atoms with van der Waals surface area (Å²) < 4.78 is 5.12. The van der Waals surface area contributed by atoms with Crippen molar-refractivity contribution in [3.05, 3.63) is 126 Å². The van der Waals surface area contributed by atoms with Gasteiger partial charge >= 0.3 is 0 Å². The fourth-order valence-electron chi connectivity index (χ4n) is 7.92. The minimum Gasteiger partial charge on any atom is -0.310 e. The zero-order valence-corrected chi connectivity index (χ0v) is 26.9. The maximum atomic E-state index is 2.56. The molecule has 0 saturated heterocycles. The number of hydrogen-bond donors (Lipinski definition) is 0. The maximum absolute atomic E-state index is 2.56. The lowest BCUT2D eigenvalue weighted by Gasteiger charge is -2.36. The Kier molecular flexibility index (Phi) is 5.28. The van der Waals surface area contributed by atoms with Gasteiger partial charge in [-0.25, -0.2) is 0 Å². The number of hydrogen-bond acceptors (Lipinski definition) is 0. The number of rotatable bonds is 2. The van der Waals surface area contributed by atoms with Gasteiger partial charge in [0.1, 0.15) is 0 Å². The molecule has 0 bridgehead atoms. The van der Waals surface area contributed by atoms with E-state index in [0.29, 0.717) is 0 Å². The second-order valence-corrected chi connectivity index (χ2v) is 15.1. The molecule has 5 aromatic carbocycles. The predicted octanol–water partition coefficient (Wildman–Crippen LogP) is 8.65. The lowest BCUT2D eigenvalue weighted by atomic mass is 9.34. The van der Waals surface area contributed by atoms with E-state index >= 15 is 0 Å². The van der Waals surface area contributed by atoms with Crippen LogP contribution in [0.1, 0.15) is 52.7 Å². The first-order valence-electron chi connectivity index (χ1n) is 16.2. The quantitative estimate of drug-likeness (QED) is 0.181. The summed E-state index contributed by atoms with van der Waals surface area (Å²) in [5, 5.41) is 2.64. The van der Waals surface area contributed by atoms with Crippen LogP contribution in [0.15, 0.2) is 115 Å². The maximum Gasteiger partial charge on any atom is 0.252 e. The topological polar surface area (TPSA) is 9.86 Å². The van der Waals surface area contributed by atoms with Crippen LogP contribution in [-0.4, -0.2) is 15.8 Å². The second kappa shape index (κ2) is 8.91. The van der Waals surface area contributed by atoms with Crippen molar-refractivity contribution < 1.29 is 0 Å². The van der Waals surface area contributed by atoms with Gasteiger partial charge in [0.2, 0.25) is 0 Å². The SMILES string of the molecule is CC(C)(C)c1cc2c3c(c1)cc(-c1ccccc1)n3-c1cccc3c1B2c1cc(C(C)(C)C)cc2cc(-c4ccccc4)n-3c12. The zero-order chi connectivity index (χ0) is 30.8. The van der Waals surface area contributed by atoms with Gasteiger partial charge in [0.05, 0.1) is 11.4 Å². The third kappa shape index (κ3) is 3.70. The number of nitrogens with zero attached hydrogens (tertiary/aromatic N) is 2. The van der Waals surface area contributed by atoms with E-state index in [9.17, 15) is 0 Å². The fraction of sp³-hybridized carbons (Fsp3) is 0.190. The number of aromatic nitrogens is 2. The lowest BCUT2D eigenvalue weighted by Crippen LogP contribution is -2.59. The van der Waals surface area contributed by atoms with E-state index in [1.54, 1.807) is 0 Å². The van der Waals surface area contributed by atoms with E-state index in [-0.39, 0.29) is 17.5 Å². The molecule has 0 atom stereocenters. The molecule has 2 aliphatic rings. The molecule has 9 rings (SSSR count). The largest absolute Gasteiger partial charge is 0.310 e. The molecule has 0 amide bonds. The summed E-state index contributed by atoms with van der Waals surface area (Å²) in [7, 11) is 0. The Morgan fingerprint density at radius 3 is 1.29 bits per heavy atom. The van der Waals surface area contributed by atoms with Crippen LogP contribution in [0.25, 0.3) is 55.7 Å². The van der Waals surface area contributed by atoms with Gasteiger partial charge in [-0.05, 0) is 85.9 Å². The summed E-state index contributed by atoms with van der Waals surface area (Å²) >= 11 is 0. The summed E-state index contributed by atoms with van der Waals surface area (Å²) in [6, 6.07) is 43.6. The average molecular weight is 581 g/mol. The van der Waals surface area contributed by atoms with Gasteiger partial charge in [-0.3, -0.25) is 0 Å². The van der Waals surface area contributed by atoms with Crippen LogP contribution in [0.5, 0.6) is 0 Å². The van der Waals surface area contributed by atoms with E-state index in [4.69, 9.17) is 0 Å². The van der Waals surface area contributed by atoms with Gasteiger partial charge in [0, 0.05) is 33.2 Å². The molecule has 4 heterocycles. The number of benzene rings is 5. The lowest BCUT2D eigenvalue weighted by molar-refractivity contribution is 0.591. The molecular weight excluding hydrogens is 543 g/mol. The Labute approximate surface area is 266 Å². The molecule has 45 heavy (non-hydrogen) atoms. The van der Waals surface area contributed by atoms with Crippen molar-refractivity contribution in [3.63, 3.8) is 0 Å². The van der Waals surface area contributed by atoms with Gasteiger partial charge in [0.25, 0.3) is 6.71 Å². The normalized spacial score (nSPS) is 13.5. The van der Waals surface area contributed by atoms with Crippen LogP contribution < -0.4 is 16.4 Å². The molecule has 0 spiro atoms. The van der Waals surface area contributed by atoms with Gasteiger partial charge in [-0.1, -0.05) is 120 Å². The molecule has 7 aromatic rings. The standard InChI is InChI=1S/C42H37BN2/c1-41(2,3)30-20-28-22-36(26-14-9-7-10-15-26)44-34-18-13-19-35-38(34)43(32(24-30)39(28)44)33-25-31(42(4,5)6)21-29-23-37(45(35)40(29)33)27-16-11-8-12-17-27/h7-25H,1-6H3. The van der Waals surface area contributed by atoms with Crippen molar-refractivity contribution in [1.29, 1.82) is 0 Å². The molecule has 0 saturated carbocycles. The first-order valence-corrected chi connectivity index (χ1v) is 16.2. The summed E-state index contributed by atoms with van der Waals surface area (Å²) in [6.07, 6.45) is 0. The monoisotopic (exact) mass is 580 g/mol. The highest BCUT2D eigenvalue weighted by atomic mass is 15.0. The third-order valence-electron chi connectivity index (χ3n) is 10.2. The predicted molar refractivity (Wildman–Crippen MR) is 193 cm³/mol. The summed E-state index contributed by atoms with van der Waals surface area (Å²) in [6.45, 7) is 14.2. The van der Waals surface area contributed by atoms with Crippen molar-refractivity contribution in [3.8, 4) is 33.9 Å². The summed E-state index contributed by atoms with van der Waals surface area (Å²) in [5.41, 5.74) is 17.3. The van der Waals surface area contributed by atoms with E-state index in [0.717, 1.165) is 0 Å². The highest BCUT2D eigenvalue weighted by Gasteiger charge is 2.41. The average Bonchev–Trinajstić information content (AvgIpc) is 3.61. The van der Waals surface area contributed by atoms with Crippen LogP contribution >= 0.6 is 0 Å². The molecule has 0 aliphatic carbocycles. The molecule has 2 aromatic heterocycles. The van der Waals surface area contributed by atoms with Gasteiger partial charge in [-0.15, -0.1) is 0 Å². The molecule has 0 N–H and O–H groups in total. The van der Waals surface area contributed by atoms with Crippen LogP contribution in [0.3, 0.4) is 0 Å². The van der Waals surface area contributed by atoms with Crippen LogP contribution in [-0.2, 0) is 10.8 Å². The molecule has 3 heteroatoms. The molecule has 218 valence electrons. The summed E-state index contributed by atoms with van der Waals surface area (Å²) in [5.74, 6) is 0. The molecule has 0 unspecified atom stereocenters. The number of fused-ring (bicyclic) bond motifs is 4. The van der Waals surface area contributed by atoms with Gasteiger partial charge < -0.3 is 9.13 Å². The van der Waals surface area contributed by atoms with Crippen LogP contribution in [0.4, 0.5) is 0 Å². The van der Waals surface area contributed by atoms with E-state index in [1.807, 2.05) is 0 Å². The third-order valence-corrected chi connectivity index (χ3v) is 10.2. The molecule has 0 fully saturated rings. The van der Waals surface area contributed by atoms with E-state index < -0.39 is 0 Å². The van der Waals surface area contributed by atoms with E-state index in [2.05, 4.69) is 166 Å². The molecular formula is C42H37BN2. The zero-order valence-electron chi connectivity index (χ0n) is 26.9. The fourth-order valence-corrected chi connectivity index (χ4v) is 7.92. The van der Waals surface area contributed by atoms with Crippen LogP contribution in [0, 0.1) is 0 Å². The minimum atomic E-state index is 0.0252. The Bertz CT molecular complexity index is 2160. The smallest absolute Gasteiger partial charge is 0.252 e. The van der Waals surface area contributed by atoms with E-state index in [1.165, 1.54) is 83.2 Å². The molecule has 0 radical (unpaired) electrons. The Morgan fingerprint density at radius 1 is 0.467 bits per heavy atom. The Hall–Kier alpha value is -4.76. The van der Waals surface area contributed by atoms with Crippen molar-refractivity contribution in [2.24, 2.45) is 0 Å². The molecule has 2 nitrogen and oxygen atoms in total. The first-order chi connectivity index (χ1) is 21.6. The first kappa shape index (κ1) is 26.6. The highest BCUT2D eigenvalue weighted by molar-refractivity contribution is 7.00. The summed E-state index contributed by atoms with van der Waals surface area (Å²) in [4.78, 5) is 0. The van der Waals surface area contributed by atoms with Crippen LogP contribution in [0.2, 0.25) is 0 Å². The van der Waals surface area contributed by atoms with Crippen molar-refractivity contribution in [2.45, 2.75) is 52.4 Å². The highest BCUT2D eigenvalue weighted by Crippen LogP contribution is 2.40. The minimum absolute atomic E-state index is 0.0252. The molecule has 2 aliphatic heterocycles. The second-order valence-electron chi connectivity index (χ2n) is 15.1. The van der Waals surface area contributed by atoms with Crippen molar-refractivity contribution in [2.75, 3.05) is 0 Å². The van der Waals surface area contributed by atoms with Crippen molar-refractivity contribution in [1.82, 2.24) is 9.13 Å². The van der Waals surface area contributed by atoms with Gasteiger partial charge in [0.15, 0.2) is 0 Å².